The van der Waals surface area contributed by atoms with E-state index in [2.05, 4.69) is 47.9 Å². The lowest BCUT2D eigenvalue weighted by atomic mass is 10.2. The molecule has 0 unspecified atom stereocenters. The van der Waals surface area contributed by atoms with Crippen LogP contribution in [0.4, 0.5) is 11.4 Å². The number of hydrogen-bond acceptors (Lipinski definition) is 2. The van der Waals surface area contributed by atoms with Gasteiger partial charge in [0.25, 0.3) is 0 Å². The van der Waals surface area contributed by atoms with Gasteiger partial charge in [0.15, 0.2) is 0 Å². The van der Waals surface area contributed by atoms with Crippen molar-refractivity contribution in [3.05, 3.63) is 24.3 Å². The average molecular weight is 218 g/mol. The zero-order valence-electron chi connectivity index (χ0n) is 10.4. The minimum atomic E-state index is 1.08. The highest BCUT2D eigenvalue weighted by molar-refractivity contribution is 5.56. The van der Waals surface area contributed by atoms with E-state index in [1.165, 1.54) is 37.3 Å². The Bertz CT molecular complexity index is 287. The molecule has 2 rings (SSSR count). The Kier molecular flexibility index (Phi) is 3.70. The van der Waals surface area contributed by atoms with Gasteiger partial charge in [0.1, 0.15) is 0 Å². The maximum absolute atomic E-state index is 2.48. The van der Waals surface area contributed by atoms with Crippen LogP contribution in [-0.2, 0) is 0 Å². The van der Waals surface area contributed by atoms with Gasteiger partial charge in [0.05, 0.1) is 0 Å². The molecule has 1 fully saturated rings. The quantitative estimate of drug-likeness (QED) is 0.766. The van der Waals surface area contributed by atoms with Crippen molar-refractivity contribution in [3.63, 3.8) is 0 Å². The summed E-state index contributed by atoms with van der Waals surface area (Å²) >= 11 is 0. The van der Waals surface area contributed by atoms with Crippen LogP contribution in [0.15, 0.2) is 24.3 Å². The molecule has 1 aromatic rings. The van der Waals surface area contributed by atoms with Crippen LogP contribution in [0.2, 0.25) is 0 Å². The Labute approximate surface area is 98.9 Å². The minimum Gasteiger partial charge on any atom is -0.372 e. The van der Waals surface area contributed by atoms with Crippen molar-refractivity contribution in [2.24, 2.45) is 0 Å². The Hall–Kier alpha value is -1.18. The van der Waals surface area contributed by atoms with E-state index in [1.807, 2.05) is 0 Å². The third kappa shape index (κ3) is 2.31. The Morgan fingerprint density at radius 2 is 1.56 bits per heavy atom. The zero-order chi connectivity index (χ0) is 11.4. The topological polar surface area (TPSA) is 6.48 Å². The standard InChI is InChI=1S/C14H22N2/c1-3-15(4-2)13-7-9-14(10-8-13)16-11-5-6-12-16/h7-10H,3-6,11-12H2,1-2H3. The lowest BCUT2D eigenvalue weighted by molar-refractivity contribution is 0.865. The number of benzene rings is 1. The van der Waals surface area contributed by atoms with Crippen LogP contribution in [-0.4, -0.2) is 26.2 Å². The molecule has 1 aromatic carbocycles. The molecular weight excluding hydrogens is 196 g/mol. The number of nitrogens with zero attached hydrogens (tertiary/aromatic N) is 2. The molecule has 0 aromatic heterocycles. The Morgan fingerprint density at radius 1 is 1.00 bits per heavy atom. The lowest BCUT2D eigenvalue weighted by Crippen LogP contribution is -2.22. The molecule has 16 heavy (non-hydrogen) atoms. The monoisotopic (exact) mass is 218 g/mol. The minimum absolute atomic E-state index is 1.08. The van der Waals surface area contributed by atoms with Gasteiger partial charge in [-0.05, 0) is 51.0 Å². The van der Waals surface area contributed by atoms with Gasteiger partial charge in [-0.2, -0.15) is 0 Å². The first-order valence-corrected chi connectivity index (χ1v) is 6.45. The molecule has 88 valence electrons. The van der Waals surface area contributed by atoms with Gasteiger partial charge in [-0.1, -0.05) is 0 Å². The summed E-state index contributed by atoms with van der Waals surface area (Å²) in [6.45, 7) is 9.03. The molecule has 2 heteroatoms. The molecule has 0 amide bonds. The van der Waals surface area contributed by atoms with Crippen molar-refractivity contribution in [3.8, 4) is 0 Å². The lowest BCUT2D eigenvalue weighted by Gasteiger charge is -2.23. The summed E-state index contributed by atoms with van der Waals surface area (Å²) in [5.74, 6) is 0. The van der Waals surface area contributed by atoms with Crippen molar-refractivity contribution in [1.82, 2.24) is 0 Å². The summed E-state index contributed by atoms with van der Waals surface area (Å²) in [6, 6.07) is 9.03. The van der Waals surface area contributed by atoms with Crippen molar-refractivity contribution < 1.29 is 0 Å². The highest BCUT2D eigenvalue weighted by Gasteiger charge is 2.12. The fourth-order valence-corrected chi connectivity index (χ4v) is 2.44. The molecule has 1 aliphatic heterocycles. The Morgan fingerprint density at radius 3 is 2.06 bits per heavy atom. The third-order valence-corrected chi connectivity index (χ3v) is 3.45. The van der Waals surface area contributed by atoms with Crippen LogP contribution >= 0.6 is 0 Å². The largest absolute Gasteiger partial charge is 0.372 e. The predicted octanol–water partition coefficient (Wildman–Crippen LogP) is 3.13. The van der Waals surface area contributed by atoms with Crippen molar-refractivity contribution in [2.75, 3.05) is 36.0 Å². The summed E-state index contributed by atoms with van der Waals surface area (Å²) in [5, 5.41) is 0. The average Bonchev–Trinajstić information content (AvgIpc) is 2.85. The summed E-state index contributed by atoms with van der Waals surface area (Å²) < 4.78 is 0. The van der Waals surface area contributed by atoms with Crippen molar-refractivity contribution in [2.45, 2.75) is 26.7 Å². The van der Waals surface area contributed by atoms with Crippen LogP contribution in [0, 0.1) is 0 Å². The highest BCUT2D eigenvalue weighted by atomic mass is 15.1. The molecule has 0 N–H and O–H groups in total. The van der Waals surface area contributed by atoms with Gasteiger partial charge < -0.3 is 9.80 Å². The molecule has 0 radical (unpaired) electrons. The second-order valence-electron chi connectivity index (χ2n) is 4.38. The molecule has 0 saturated carbocycles. The summed E-state index contributed by atoms with van der Waals surface area (Å²) in [4.78, 5) is 4.86. The summed E-state index contributed by atoms with van der Waals surface area (Å²) in [7, 11) is 0. The van der Waals surface area contributed by atoms with Crippen LogP contribution < -0.4 is 9.80 Å². The summed E-state index contributed by atoms with van der Waals surface area (Å²) in [6.07, 6.45) is 2.69. The van der Waals surface area contributed by atoms with Crippen molar-refractivity contribution >= 4 is 11.4 Å². The van der Waals surface area contributed by atoms with Gasteiger partial charge in [-0.3, -0.25) is 0 Å². The second-order valence-corrected chi connectivity index (χ2v) is 4.38. The second kappa shape index (κ2) is 5.24. The van der Waals surface area contributed by atoms with E-state index >= 15 is 0 Å². The first kappa shape index (κ1) is 11.3. The molecule has 1 saturated heterocycles. The molecule has 0 aliphatic carbocycles. The molecule has 1 aliphatic rings. The summed E-state index contributed by atoms with van der Waals surface area (Å²) in [5.41, 5.74) is 2.72. The normalized spacial score (nSPS) is 15.5. The first-order valence-electron chi connectivity index (χ1n) is 6.45. The molecule has 0 bridgehead atoms. The van der Waals surface area contributed by atoms with E-state index in [-0.39, 0.29) is 0 Å². The molecule has 0 spiro atoms. The fourth-order valence-electron chi connectivity index (χ4n) is 2.44. The van der Waals surface area contributed by atoms with Gasteiger partial charge in [0, 0.05) is 37.6 Å². The van der Waals surface area contributed by atoms with Crippen molar-refractivity contribution in [1.29, 1.82) is 0 Å². The van der Waals surface area contributed by atoms with Gasteiger partial charge in [0.2, 0.25) is 0 Å². The van der Waals surface area contributed by atoms with E-state index in [4.69, 9.17) is 0 Å². The van der Waals surface area contributed by atoms with Crippen LogP contribution in [0.5, 0.6) is 0 Å². The molecule has 0 atom stereocenters. The maximum atomic E-state index is 2.48. The van der Waals surface area contributed by atoms with Gasteiger partial charge >= 0.3 is 0 Å². The van der Waals surface area contributed by atoms with E-state index in [9.17, 15) is 0 Å². The van der Waals surface area contributed by atoms with Gasteiger partial charge in [-0.25, -0.2) is 0 Å². The SMILES string of the molecule is CCN(CC)c1ccc(N2CCCC2)cc1. The fraction of sp³-hybridized carbons (Fsp3) is 0.571. The maximum Gasteiger partial charge on any atom is 0.0367 e. The van der Waals surface area contributed by atoms with Crippen LogP contribution in [0.3, 0.4) is 0 Å². The van der Waals surface area contributed by atoms with E-state index in [0.717, 1.165) is 13.1 Å². The van der Waals surface area contributed by atoms with E-state index in [0.29, 0.717) is 0 Å². The molecule has 2 nitrogen and oxygen atoms in total. The van der Waals surface area contributed by atoms with Crippen LogP contribution in [0.1, 0.15) is 26.7 Å². The van der Waals surface area contributed by atoms with Crippen LogP contribution in [0.25, 0.3) is 0 Å². The Balaban J connectivity index is 2.09. The first-order chi connectivity index (χ1) is 7.85. The third-order valence-electron chi connectivity index (χ3n) is 3.45. The highest BCUT2D eigenvalue weighted by Crippen LogP contribution is 2.23. The number of rotatable bonds is 4. The van der Waals surface area contributed by atoms with E-state index in [1.54, 1.807) is 0 Å². The van der Waals surface area contributed by atoms with Gasteiger partial charge in [-0.15, -0.1) is 0 Å². The predicted molar refractivity (Wildman–Crippen MR) is 71.5 cm³/mol. The number of hydrogen-bond donors (Lipinski definition) is 0. The molecule has 1 heterocycles. The van der Waals surface area contributed by atoms with E-state index < -0.39 is 0 Å². The number of anilines is 2. The molecular formula is C14H22N2. The smallest absolute Gasteiger partial charge is 0.0367 e. The zero-order valence-corrected chi connectivity index (χ0v) is 10.4.